The van der Waals surface area contributed by atoms with Gasteiger partial charge in [-0.15, -0.1) is 11.3 Å². The van der Waals surface area contributed by atoms with E-state index in [0.717, 1.165) is 9.75 Å². The van der Waals surface area contributed by atoms with E-state index in [1.54, 1.807) is 6.08 Å². The van der Waals surface area contributed by atoms with Gasteiger partial charge in [-0.1, -0.05) is 24.8 Å². The molecule has 14 heavy (non-hydrogen) atoms. The van der Waals surface area contributed by atoms with E-state index >= 15 is 0 Å². The van der Waals surface area contributed by atoms with Crippen LogP contribution in [0.2, 0.25) is 0 Å². The van der Waals surface area contributed by atoms with Crippen molar-refractivity contribution in [3.8, 4) is 0 Å². The van der Waals surface area contributed by atoms with Crippen molar-refractivity contribution in [3.05, 3.63) is 33.3 Å². The van der Waals surface area contributed by atoms with E-state index in [4.69, 9.17) is 0 Å². The van der Waals surface area contributed by atoms with Gasteiger partial charge in [-0.25, -0.2) is 4.79 Å². The minimum atomic E-state index is -0.290. The number of carbonyl (C=O) groups is 1. The molecule has 0 amide bonds. The molecule has 1 rings (SSSR count). The zero-order chi connectivity index (χ0) is 10.6. The normalized spacial score (nSPS) is 13.0. The van der Waals surface area contributed by atoms with Crippen LogP contribution in [0.4, 0.5) is 0 Å². The number of esters is 1. The Morgan fingerprint density at radius 1 is 1.64 bits per heavy atom. The van der Waals surface area contributed by atoms with Gasteiger partial charge in [0.1, 0.15) is 4.88 Å². The molecule has 0 fully saturated rings. The summed E-state index contributed by atoms with van der Waals surface area (Å²) in [6.45, 7) is 5.56. The Hall–Kier alpha value is -1.35. The minimum Gasteiger partial charge on any atom is -0.465 e. The summed E-state index contributed by atoms with van der Waals surface area (Å²) in [4.78, 5) is 11.9. The highest BCUT2D eigenvalue weighted by molar-refractivity contribution is 7.11. The molecule has 0 saturated carbocycles. The van der Waals surface area contributed by atoms with Crippen molar-refractivity contribution in [2.24, 2.45) is 0 Å². The fourth-order valence-corrected chi connectivity index (χ4v) is 2.06. The molecule has 0 aliphatic rings. The van der Waals surface area contributed by atoms with Gasteiger partial charge in [0.2, 0.25) is 0 Å². The molecule has 1 heterocycles. The Bertz CT molecular complexity index is 454. The first kappa shape index (κ1) is 10.7. The van der Waals surface area contributed by atoms with Crippen molar-refractivity contribution in [3.63, 3.8) is 0 Å². The molecule has 74 valence electrons. The Kier molecular flexibility index (Phi) is 3.65. The van der Waals surface area contributed by atoms with Gasteiger partial charge < -0.3 is 4.74 Å². The van der Waals surface area contributed by atoms with Crippen molar-refractivity contribution in [1.82, 2.24) is 0 Å². The van der Waals surface area contributed by atoms with Gasteiger partial charge in [0.25, 0.3) is 0 Å². The van der Waals surface area contributed by atoms with E-state index in [2.05, 4.69) is 11.3 Å². The molecule has 0 aliphatic carbocycles. The summed E-state index contributed by atoms with van der Waals surface area (Å²) in [5, 5.41) is 1.01. The number of carbonyl (C=O) groups excluding carboxylic acids is 1. The summed E-state index contributed by atoms with van der Waals surface area (Å²) >= 11 is 1.42. The van der Waals surface area contributed by atoms with Crippen molar-refractivity contribution in [1.29, 1.82) is 0 Å². The fraction of sp³-hybridized carbons (Fsp3) is 0.182. The number of methoxy groups -OCH3 is 1. The topological polar surface area (TPSA) is 26.3 Å². The number of ether oxygens (including phenoxy) is 1. The second-order valence-electron chi connectivity index (χ2n) is 2.61. The molecule has 3 heteroatoms. The predicted molar refractivity (Wildman–Crippen MR) is 59.7 cm³/mol. The summed E-state index contributed by atoms with van der Waals surface area (Å²) in [7, 11) is 1.38. The van der Waals surface area contributed by atoms with Crippen LogP contribution < -0.4 is 9.75 Å². The van der Waals surface area contributed by atoms with Gasteiger partial charge in [-0.3, -0.25) is 0 Å². The maximum absolute atomic E-state index is 11.2. The summed E-state index contributed by atoms with van der Waals surface area (Å²) < 4.78 is 5.71. The third-order valence-corrected chi connectivity index (χ3v) is 2.93. The fourth-order valence-electron chi connectivity index (χ4n) is 1.10. The van der Waals surface area contributed by atoms with Gasteiger partial charge in [-0.05, 0) is 18.2 Å². The number of hydrogen-bond donors (Lipinski definition) is 0. The molecule has 0 aliphatic heterocycles. The van der Waals surface area contributed by atoms with Crippen LogP contribution in [0.5, 0.6) is 0 Å². The number of allylic oxidation sites excluding steroid dienone is 1. The standard InChI is InChI=1S/C11H12O2S/c1-4-6-8-7-10(11(12)13-3)14-9(8)5-2/h4-7H,1H2,2-3H3/b8-6-,9-5+. The average Bonchev–Trinajstić information content (AvgIpc) is 2.60. The molecule has 0 atom stereocenters. The van der Waals surface area contributed by atoms with E-state index < -0.39 is 0 Å². The van der Waals surface area contributed by atoms with Crippen molar-refractivity contribution < 1.29 is 9.53 Å². The molecule has 0 N–H and O–H groups in total. The maximum Gasteiger partial charge on any atom is 0.348 e. The van der Waals surface area contributed by atoms with Crippen molar-refractivity contribution in [2.45, 2.75) is 6.92 Å². The van der Waals surface area contributed by atoms with Gasteiger partial charge >= 0.3 is 5.97 Å². The molecule has 0 unspecified atom stereocenters. The lowest BCUT2D eigenvalue weighted by atomic mass is 10.3. The van der Waals surface area contributed by atoms with Crippen LogP contribution in [0.1, 0.15) is 16.6 Å². The lowest BCUT2D eigenvalue weighted by Crippen LogP contribution is -2.16. The maximum atomic E-state index is 11.2. The average molecular weight is 208 g/mol. The van der Waals surface area contributed by atoms with E-state index in [1.807, 2.05) is 25.1 Å². The predicted octanol–water partition coefficient (Wildman–Crippen LogP) is 1.30. The monoisotopic (exact) mass is 208 g/mol. The van der Waals surface area contributed by atoms with Crippen LogP contribution >= 0.6 is 11.3 Å². The van der Waals surface area contributed by atoms with Crippen molar-refractivity contribution >= 4 is 29.5 Å². The zero-order valence-electron chi connectivity index (χ0n) is 8.24. The van der Waals surface area contributed by atoms with E-state index in [9.17, 15) is 4.79 Å². The Balaban J connectivity index is 3.35. The molecule has 0 bridgehead atoms. The highest BCUT2D eigenvalue weighted by Crippen LogP contribution is 2.01. The van der Waals surface area contributed by atoms with E-state index in [-0.39, 0.29) is 5.97 Å². The first-order chi connectivity index (χ1) is 6.72. The summed E-state index contributed by atoms with van der Waals surface area (Å²) in [5.41, 5.74) is 0. The molecule has 1 aromatic heterocycles. The Labute approximate surface area is 86.8 Å². The van der Waals surface area contributed by atoms with E-state index in [0.29, 0.717) is 4.88 Å². The molecular formula is C11H12O2S. The van der Waals surface area contributed by atoms with Gasteiger partial charge in [0, 0.05) is 4.53 Å². The molecule has 0 radical (unpaired) electrons. The summed E-state index contributed by atoms with van der Waals surface area (Å²) in [6, 6.07) is 1.81. The lowest BCUT2D eigenvalue weighted by molar-refractivity contribution is 0.0606. The first-order valence-corrected chi connectivity index (χ1v) is 5.01. The Morgan fingerprint density at radius 3 is 2.86 bits per heavy atom. The van der Waals surface area contributed by atoms with Gasteiger partial charge in [0.15, 0.2) is 0 Å². The van der Waals surface area contributed by atoms with Gasteiger partial charge in [0.05, 0.1) is 7.11 Å². The van der Waals surface area contributed by atoms with E-state index in [1.165, 1.54) is 18.4 Å². The van der Waals surface area contributed by atoms with Gasteiger partial charge in [-0.2, -0.15) is 0 Å². The molecule has 2 nitrogen and oxygen atoms in total. The van der Waals surface area contributed by atoms with Crippen LogP contribution in [0.3, 0.4) is 0 Å². The van der Waals surface area contributed by atoms with Crippen LogP contribution in [0.15, 0.2) is 18.7 Å². The first-order valence-electron chi connectivity index (χ1n) is 4.20. The largest absolute Gasteiger partial charge is 0.465 e. The number of rotatable bonds is 2. The SMILES string of the molecule is C=C/C=c1/cc(C(=O)OC)s/c1=C/C. The number of thiophene rings is 1. The molecular weight excluding hydrogens is 196 g/mol. The summed E-state index contributed by atoms with van der Waals surface area (Å²) in [6.07, 6.45) is 5.54. The molecule has 0 spiro atoms. The third-order valence-electron chi connectivity index (χ3n) is 1.74. The van der Waals surface area contributed by atoms with Crippen molar-refractivity contribution in [2.75, 3.05) is 7.11 Å². The second-order valence-corrected chi connectivity index (χ2v) is 3.70. The van der Waals surface area contributed by atoms with Crippen LogP contribution in [-0.4, -0.2) is 13.1 Å². The smallest absolute Gasteiger partial charge is 0.348 e. The van der Waals surface area contributed by atoms with Crippen LogP contribution in [-0.2, 0) is 4.74 Å². The van der Waals surface area contributed by atoms with Crippen LogP contribution in [0.25, 0.3) is 12.2 Å². The molecule has 1 aromatic rings. The Morgan fingerprint density at radius 2 is 2.36 bits per heavy atom. The highest BCUT2D eigenvalue weighted by Gasteiger charge is 2.06. The highest BCUT2D eigenvalue weighted by atomic mass is 32.1. The molecule has 0 aromatic carbocycles. The quantitative estimate of drug-likeness (QED) is 0.685. The minimum absolute atomic E-state index is 0.290. The third kappa shape index (κ3) is 2.12. The summed E-state index contributed by atoms with van der Waals surface area (Å²) in [5.74, 6) is -0.290. The molecule has 0 saturated heterocycles. The van der Waals surface area contributed by atoms with Crippen LogP contribution in [0, 0.1) is 0 Å². The zero-order valence-corrected chi connectivity index (χ0v) is 9.06. The number of hydrogen-bond acceptors (Lipinski definition) is 3. The lowest BCUT2D eigenvalue weighted by Gasteiger charge is -1.90. The second kappa shape index (κ2) is 4.77.